The molecule has 20 heavy (non-hydrogen) atoms. The molecule has 1 aliphatic heterocycles. The number of benzene rings is 1. The van der Waals surface area contributed by atoms with Crippen molar-refractivity contribution in [1.82, 2.24) is 10.2 Å². The van der Waals surface area contributed by atoms with Crippen molar-refractivity contribution >= 4 is 0 Å². The van der Waals surface area contributed by atoms with E-state index in [1.165, 1.54) is 11.1 Å². The molecule has 1 aromatic rings. The molecule has 1 heterocycles. The normalized spacial score (nSPS) is 19.8. The van der Waals surface area contributed by atoms with Gasteiger partial charge in [-0.15, -0.1) is 0 Å². The Morgan fingerprint density at radius 2 is 2.00 bits per heavy atom. The molecule has 2 rings (SSSR count). The molecule has 2 atom stereocenters. The molecule has 0 bridgehead atoms. The number of aryl methyl sites for hydroxylation is 1. The highest BCUT2D eigenvalue weighted by molar-refractivity contribution is 5.29. The van der Waals surface area contributed by atoms with Gasteiger partial charge >= 0.3 is 0 Å². The Bertz CT molecular complexity index is 403. The fraction of sp³-hybridized carbons (Fsp3) is 0.625. The zero-order valence-corrected chi connectivity index (χ0v) is 12.5. The van der Waals surface area contributed by atoms with E-state index in [2.05, 4.69) is 41.4 Å². The van der Waals surface area contributed by atoms with Gasteiger partial charge in [-0.1, -0.05) is 24.3 Å². The summed E-state index contributed by atoms with van der Waals surface area (Å²) in [7, 11) is 0. The van der Waals surface area contributed by atoms with Crippen molar-refractivity contribution in [3.05, 3.63) is 35.4 Å². The molecule has 0 radical (unpaired) electrons. The van der Waals surface area contributed by atoms with Crippen molar-refractivity contribution in [1.29, 1.82) is 0 Å². The van der Waals surface area contributed by atoms with Crippen LogP contribution in [0.2, 0.25) is 0 Å². The third-order valence-electron chi connectivity index (χ3n) is 3.77. The molecule has 1 saturated heterocycles. The zero-order chi connectivity index (χ0) is 14.4. The number of hydrogen-bond donors (Lipinski definition) is 2. The van der Waals surface area contributed by atoms with E-state index in [9.17, 15) is 5.11 Å². The maximum Gasteiger partial charge on any atom is 0.0636 e. The maximum absolute atomic E-state index is 9.53. The van der Waals surface area contributed by atoms with E-state index in [0.717, 1.165) is 32.8 Å². The van der Waals surface area contributed by atoms with Crippen LogP contribution in [0, 0.1) is 6.92 Å². The summed E-state index contributed by atoms with van der Waals surface area (Å²) in [6, 6.07) is 8.73. The summed E-state index contributed by atoms with van der Waals surface area (Å²) in [6.45, 7) is 9.14. The second-order valence-electron chi connectivity index (χ2n) is 5.58. The van der Waals surface area contributed by atoms with Gasteiger partial charge < -0.3 is 15.2 Å². The molecule has 0 aromatic heterocycles. The van der Waals surface area contributed by atoms with Crippen LogP contribution in [0.3, 0.4) is 0 Å². The molecular weight excluding hydrogens is 252 g/mol. The molecule has 1 aliphatic rings. The molecule has 4 heteroatoms. The molecule has 1 aromatic carbocycles. The van der Waals surface area contributed by atoms with Gasteiger partial charge in [-0.05, 0) is 25.0 Å². The Morgan fingerprint density at radius 1 is 1.30 bits per heavy atom. The van der Waals surface area contributed by atoms with E-state index < -0.39 is 0 Å². The van der Waals surface area contributed by atoms with Crippen LogP contribution >= 0.6 is 0 Å². The molecule has 112 valence electrons. The standard InChI is InChI=1S/C16H26N2O2/c1-13-5-3-4-6-15(13)16(17-11-14(2)19)12-18-7-9-20-10-8-18/h3-6,14,16-17,19H,7-12H2,1-2H3/t14-,16+/m0/s1. The number of hydrogen-bond acceptors (Lipinski definition) is 4. The largest absolute Gasteiger partial charge is 0.392 e. The number of morpholine rings is 1. The van der Waals surface area contributed by atoms with Gasteiger partial charge in [-0.2, -0.15) is 0 Å². The lowest BCUT2D eigenvalue weighted by Gasteiger charge is -2.32. The molecule has 0 unspecified atom stereocenters. The molecule has 0 saturated carbocycles. The molecule has 4 nitrogen and oxygen atoms in total. The average Bonchev–Trinajstić information content (AvgIpc) is 2.45. The van der Waals surface area contributed by atoms with Crippen molar-refractivity contribution in [2.75, 3.05) is 39.4 Å². The van der Waals surface area contributed by atoms with Crippen molar-refractivity contribution in [3.8, 4) is 0 Å². The van der Waals surface area contributed by atoms with Crippen LogP contribution in [0.4, 0.5) is 0 Å². The third-order valence-corrected chi connectivity index (χ3v) is 3.77. The summed E-state index contributed by atoms with van der Waals surface area (Å²) in [4.78, 5) is 2.43. The van der Waals surface area contributed by atoms with Gasteiger partial charge in [-0.25, -0.2) is 0 Å². The first-order valence-corrected chi connectivity index (χ1v) is 7.44. The number of ether oxygens (including phenoxy) is 1. The molecule has 0 spiro atoms. The Labute approximate surface area is 121 Å². The van der Waals surface area contributed by atoms with E-state index in [4.69, 9.17) is 4.74 Å². The Morgan fingerprint density at radius 3 is 2.65 bits per heavy atom. The smallest absolute Gasteiger partial charge is 0.0636 e. The van der Waals surface area contributed by atoms with Gasteiger partial charge in [-0.3, -0.25) is 4.90 Å². The number of aliphatic hydroxyl groups excluding tert-OH is 1. The first kappa shape index (κ1) is 15.4. The molecule has 2 N–H and O–H groups in total. The number of nitrogens with one attached hydrogen (secondary N) is 1. The van der Waals surface area contributed by atoms with Gasteiger partial charge in [0.2, 0.25) is 0 Å². The van der Waals surface area contributed by atoms with Gasteiger partial charge in [0.15, 0.2) is 0 Å². The van der Waals surface area contributed by atoms with Gasteiger partial charge in [0.05, 0.1) is 19.3 Å². The van der Waals surface area contributed by atoms with E-state index in [1.54, 1.807) is 0 Å². The number of aliphatic hydroxyl groups is 1. The third kappa shape index (κ3) is 4.56. The van der Waals surface area contributed by atoms with Crippen LogP contribution in [0.5, 0.6) is 0 Å². The van der Waals surface area contributed by atoms with Gasteiger partial charge in [0.1, 0.15) is 0 Å². The van der Waals surface area contributed by atoms with E-state index in [-0.39, 0.29) is 12.1 Å². The van der Waals surface area contributed by atoms with Crippen LogP contribution in [-0.2, 0) is 4.74 Å². The summed E-state index contributed by atoms with van der Waals surface area (Å²) in [5.41, 5.74) is 2.61. The number of rotatable bonds is 6. The van der Waals surface area contributed by atoms with Crippen LogP contribution in [-0.4, -0.2) is 55.5 Å². The minimum atomic E-state index is -0.328. The first-order chi connectivity index (χ1) is 9.66. The highest BCUT2D eigenvalue weighted by Gasteiger charge is 2.19. The Hall–Kier alpha value is -0.940. The van der Waals surface area contributed by atoms with Crippen LogP contribution in [0.1, 0.15) is 24.1 Å². The minimum Gasteiger partial charge on any atom is -0.392 e. The molecule has 1 fully saturated rings. The van der Waals surface area contributed by atoms with Crippen molar-refractivity contribution in [2.45, 2.75) is 26.0 Å². The SMILES string of the molecule is Cc1ccccc1[C@@H](CN1CCOCC1)NC[C@H](C)O. The Kier molecular flexibility index (Phi) is 5.98. The summed E-state index contributed by atoms with van der Waals surface area (Å²) >= 11 is 0. The number of nitrogens with zero attached hydrogens (tertiary/aromatic N) is 1. The summed E-state index contributed by atoms with van der Waals surface area (Å²) in [5.74, 6) is 0. The molecule has 0 amide bonds. The monoisotopic (exact) mass is 278 g/mol. The predicted octanol–water partition coefficient (Wildman–Crippen LogP) is 1.34. The predicted molar refractivity (Wildman–Crippen MR) is 80.9 cm³/mol. The van der Waals surface area contributed by atoms with E-state index in [0.29, 0.717) is 6.54 Å². The van der Waals surface area contributed by atoms with E-state index in [1.807, 2.05) is 6.92 Å². The van der Waals surface area contributed by atoms with Crippen LogP contribution < -0.4 is 5.32 Å². The zero-order valence-electron chi connectivity index (χ0n) is 12.5. The highest BCUT2D eigenvalue weighted by Crippen LogP contribution is 2.19. The lowest BCUT2D eigenvalue weighted by molar-refractivity contribution is 0.0327. The average molecular weight is 278 g/mol. The summed E-state index contributed by atoms with van der Waals surface area (Å²) < 4.78 is 5.41. The van der Waals surface area contributed by atoms with Gasteiger partial charge in [0.25, 0.3) is 0 Å². The maximum atomic E-state index is 9.53. The highest BCUT2D eigenvalue weighted by atomic mass is 16.5. The summed E-state index contributed by atoms with van der Waals surface area (Å²) in [6.07, 6.45) is -0.328. The first-order valence-electron chi connectivity index (χ1n) is 7.44. The lowest BCUT2D eigenvalue weighted by Crippen LogP contribution is -2.43. The van der Waals surface area contributed by atoms with Crippen LogP contribution in [0.15, 0.2) is 24.3 Å². The second kappa shape index (κ2) is 7.74. The minimum absolute atomic E-state index is 0.254. The van der Waals surface area contributed by atoms with Gasteiger partial charge in [0, 0.05) is 32.2 Å². The fourth-order valence-corrected chi connectivity index (χ4v) is 2.61. The Balaban J connectivity index is 2.05. The second-order valence-corrected chi connectivity index (χ2v) is 5.58. The topological polar surface area (TPSA) is 44.7 Å². The van der Waals surface area contributed by atoms with Crippen molar-refractivity contribution < 1.29 is 9.84 Å². The van der Waals surface area contributed by atoms with Crippen LogP contribution in [0.25, 0.3) is 0 Å². The van der Waals surface area contributed by atoms with E-state index >= 15 is 0 Å². The van der Waals surface area contributed by atoms with Crippen molar-refractivity contribution in [3.63, 3.8) is 0 Å². The summed E-state index contributed by atoms with van der Waals surface area (Å²) in [5, 5.41) is 13.0. The quantitative estimate of drug-likeness (QED) is 0.824. The molecule has 0 aliphatic carbocycles. The fourth-order valence-electron chi connectivity index (χ4n) is 2.61. The van der Waals surface area contributed by atoms with Crippen molar-refractivity contribution in [2.24, 2.45) is 0 Å². The molecular formula is C16H26N2O2. The lowest BCUT2D eigenvalue weighted by atomic mass is 10.0.